The number of pyridine rings is 1. The molecule has 2 nitrogen and oxygen atoms in total. The molecule has 0 radical (unpaired) electrons. The lowest BCUT2D eigenvalue weighted by molar-refractivity contribution is 0.578. The van der Waals surface area contributed by atoms with Crippen LogP contribution in [0.4, 0.5) is 0 Å². The lowest BCUT2D eigenvalue weighted by atomic mass is 10.3. The van der Waals surface area contributed by atoms with Crippen molar-refractivity contribution in [3.63, 3.8) is 0 Å². The largest absolute Gasteiger partial charge is 0.316 e. The molecule has 15 heavy (non-hydrogen) atoms. The number of hydrogen-bond acceptors (Lipinski definition) is 2. The molecule has 1 aromatic rings. The van der Waals surface area contributed by atoms with Crippen molar-refractivity contribution in [2.45, 2.75) is 43.9 Å². The Kier molecular flexibility index (Phi) is 2.04. The van der Waals surface area contributed by atoms with Crippen molar-refractivity contribution in [3.05, 3.63) is 23.9 Å². The van der Waals surface area contributed by atoms with E-state index >= 15 is 0 Å². The SMILES string of the molecule is Cc1ccnc(P(=O)(C2CC2)C2CC2)c1. The molecule has 0 aromatic carbocycles. The van der Waals surface area contributed by atoms with E-state index in [-0.39, 0.29) is 0 Å². The average molecular weight is 221 g/mol. The van der Waals surface area contributed by atoms with Gasteiger partial charge in [0.05, 0.1) is 0 Å². The van der Waals surface area contributed by atoms with Crippen LogP contribution in [0.1, 0.15) is 31.2 Å². The first-order valence-corrected chi connectivity index (χ1v) is 7.58. The van der Waals surface area contributed by atoms with E-state index in [0.29, 0.717) is 11.3 Å². The molecular formula is C12H16NOP. The molecule has 0 N–H and O–H groups in total. The summed E-state index contributed by atoms with van der Waals surface area (Å²) in [7, 11) is -2.13. The van der Waals surface area contributed by atoms with Gasteiger partial charge in [-0.3, -0.25) is 4.98 Å². The summed E-state index contributed by atoms with van der Waals surface area (Å²) in [5.74, 6) is 0. The predicted molar refractivity (Wildman–Crippen MR) is 62.3 cm³/mol. The standard InChI is InChI=1S/C12H16NOP/c1-9-6-7-13-12(8-9)15(14,10-2-3-10)11-4-5-11/h6-8,10-11H,2-5H2,1H3. The van der Waals surface area contributed by atoms with Gasteiger partial charge in [-0.2, -0.15) is 0 Å². The summed E-state index contributed by atoms with van der Waals surface area (Å²) in [5, 5.41) is 0. The molecule has 0 unspecified atom stereocenters. The highest BCUT2D eigenvalue weighted by molar-refractivity contribution is 7.73. The molecule has 0 bridgehead atoms. The lowest BCUT2D eigenvalue weighted by Crippen LogP contribution is -2.15. The second-order valence-electron chi connectivity index (χ2n) is 4.86. The third-order valence-corrected chi connectivity index (χ3v) is 7.60. The Morgan fingerprint density at radius 2 is 1.87 bits per heavy atom. The number of hydrogen-bond donors (Lipinski definition) is 0. The van der Waals surface area contributed by atoms with Crippen molar-refractivity contribution in [3.8, 4) is 0 Å². The van der Waals surface area contributed by atoms with Crippen LogP contribution in [0.2, 0.25) is 0 Å². The first-order valence-electron chi connectivity index (χ1n) is 5.74. The van der Waals surface area contributed by atoms with Gasteiger partial charge in [-0.25, -0.2) is 0 Å². The Morgan fingerprint density at radius 1 is 1.27 bits per heavy atom. The van der Waals surface area contributed by atoms with E-state index in [9.17, 15) is 4.57 Å². The Labute approximate surface area is 90.5 Å². The van der Waals surface area contributed by atoms with Crippen molar-refractivity contribution in [1.29, 1.82) is 0 Å². The molecule has 2 saturated carbocycles. The van der Waals surface area contributed by atoms with Crippen LogP contribution < -0.4 is 5.44 Å². The minimum absolute atomic E-state index is 0.472. The van der Waals surface area contributed by atoms with E-state index in [1.807, 2.05) is 18.3 Å². The van der Waals surface area contributed by atoms with Gasteiger partial charge in [-0.15, -0.1) is 0 Å². The zero-order chi connectivity index (χ0) is 10.5. The highest BCUT2D eigenvalue weighted by Gasteiger charge is 2.52. The smallest absolute Gasteiger partial charge is 0.138 e. The highest BCUT2D eigenvalue weighted by Crippen LogP contribution is 2.69. The molecule has 0 spiro atoms. The summed E-state index contributed by atoms with van der Waals surface area (Å²) in [4.78, 5) is 4.37. The van der Waals surface area contributed by atoms with Gasteiger partial charge in [0.1, 0.15) is 12.6 Å². The molecule has 1 heterocycles. The molecular weight excluding hydrogens is 205 g/mol. The van der Waals surface area contributed by atoms with Gasteiger partial charge in [0, 0.05) is 17.5 Å². The molecule has 3 rings (SSSR count). The Balaban J connectivity index is 2.05. The van der Waals surface area contributed by atoms with Crippen LogP contribution in [0, 0.1) is 6.92 Å². The van der Waals surface area contributed by atoms with Crippen molar-refractivity contribution < 1.29 is 4.57 Å². The fourth-order valence-corrected chi connectivity index (χ4v) is 6.13. The second-order valence-corrected chi connectivity index (χ2v) is 8.20. The van der Waals surface area contributed by atoms with Crippen molar-refractivity contribution in [2.24, 2.45) is 0 Å². The summed E-state index contributed by atoms with van der Waals surface area (Å²) in [6.07, 6.45) is 6.43. The first kappa shape index (κ1) is 9.59. The van der Waals surface area contributed by atoms with Crippen molar-refractivity contribution in [1.82, 2.24) is 4.98 Å². The van der Waals surface area contributed by atoms with Crippen molar-refractivity contribution in [2.75, 3.05) is 0 Å². The van der Waals surface area contributed by atoms with Crippen LogP contribution in [0.25, 0.3) is 0 Å². The summed E-state index contributed by atoms with van der Waals surface area (Å²) in [6.45, 7) is 2.05. The summed E-state index contributed by atoms with van der Waals surface area (Å²) >= 11 is 0. The molecule has 2 aliphatic carbocycles. The van der Waals surface area contributed by atoms with Crippen LogP contribution in [0.5, 0.6) is 0 Å². The van der Waals surface area contributed by atoms with Crippen LogP contribution in [0.15, 0.2) is 18.3 Å². The third kappa shape index (κ3) is 1.56. The molecule has 1 aromatic heterocycles. The normalized spacial score (nSPS) is 21.7. The van der Waals surface area contributed by atoms with Crippen LogP contribution in [-0.2, 0) is 4.57 Å². The quantitative estimate of drug-likeness (QED) is 0.734. The van der Waals surface area contributed by atoms with Crippen LogP contribution in [0.3, 0.4) is 0 Å². The maximum Gasteiger partial charge on any atom is 0.138 e. The zero-order valence-electron chi connectivity index (χ0n) is 9.02. The zero-order valence-corrected chi connectivity index (χ0v) is 9.91. The van der Waals surface area contributed by atoms with Gasteiger partial charge in [-0.05, 0) is 50.3 Å². The van der Waals surface area contributed by atoms with E-state index in [1.165, 1.54) is 5.56 Å². The van der Waals surface area contributed by atoms with Gasteiger partial charge >= 0.3 is 0 Å². The van der Waals surface area contributed by atoms with Gasteiger partial charge in [0.25, 0.3) is 0 Å². The molecule has 0 aliphatic heterocycles. The minimum atomic E-state index is -2.13. The van der Waals surface area contributed by atoms with Gasteiger partial charge < -0.3 is 4.57 Å². The van der Waals surface area contributed by atoms with E-state index < -0.39 is 7.14 Å². The molecule has 3 heteroatoms. The first-order chi connectivity index (χ1) is 7.21. The van der Waals surface area contributed by atoms with Crippen LogP contribution >= 0.6 is 7.14 Å². The fourth-order valence-electron chi connectivity index (χ4n) is 2.30. The molecule has 2 aliphatic rings. The number of aromatic nitrogens is 1. The summed E-state index contributed by atoms with van der Waals surface area (Å²) in [5.41, 5.74) is 3.03. The fraction of sp³-hybridized carbons (Fsp3) is 0.583. The predicted octanol–water partition coefficient (Wildman–Crippen LogP) is 2.70. The Bertz CT molecular complexity index is 419. The van der Waals surface area contributed by atoms with Gasteiger partial charge in [0.2, 0.25) is 0 Å². The Morgan fingerprint density at radius 3 is 2.33 bits per heavy atom. The topological polar surface area (TPSA) is 30.0 Å². The van der Waals surface area contributed by atoms with E-state index in [2.05, 4.69) is 11.9 Å². The van der Waals surface area contributed by atoms with Crippen LogP contribution in [-0.4, -0.2) is 16.3 Å². The van der Waals surface area contributed by atoms with Gasteiger partial charge in [0.15, 0.2) is 0 Å². The number of rotatable bonds is 3. The van der Waals surface area contributed by atoms with E-state index in [1.54, 1.807) is 0 Å². The van der Waals surface area contributed by atoms with Gasteiger partial charge in [-0.1, -0.05) is 0 Å². The highest BCUT2D eigenvalue weighted by atomic mass is 31.2. The maximum absolute atomic E-state index is 13.0. The molecule has 80 valence electrons. The third-order valence-electron chi connectivity index (χ3n) is 3.44. The van der Waals surface area contributed by atoms with E-state index in [4.69, 9.17) is 0 Å². The monoisotopic (exact) mass is 221 g/mol. The molecule has 2 fully saturated rings. The maximum atomic E-state index is 13.0. The second kappa shape index (κ2) is 3.18. The molecule has 0 atom stereocenters. The van der Waals surface area contributed by atoms with Crippen molar-refractivity contribution >= 4 is 12.6 Å². The summed E-state index contributed by atoms with van der Waals surface area (Å²) < 4.78 is 13.0. The van der Waals surface area contributed by atoms with E-state index in [0.717, 1.165) is 31.1 Å². The molecule has 0 saturated heterocycles. The lowest BCUT2D eigenvalue weighted by Gasteiger charge is -2.16. The molecule has 0 amide bonds. The Hall–Kier alpha value is -0.620. The number of aryl methyl sites for hydroxylation is 1. The number of nitrogens with zero attached hydrogens (tertiary/aromatic N) is 1. The summed E-state index contributed by atoms with van der Waals surface area (Å²) in [6, 6.07) is 4.02. The minimum Gasteiger partial charge on any atom is -0.316 e. The average Bonchev–Trinajstić information content (AvgIpc) is 3.04.